The zero-order valence-corrected chi connectivity index (χ0v) is 10.5. The number of hydrogen-bond donors (Lipinski definition) is 3. The van der Waals surface area contributed by atoms with E-state index in [4.69, 9.17) is 5.11 Å². The van der Waals surface area contributed by atoms with Crippen molar-refractivity contribution in [2.45, 2.75) is 51.6 Å². The number of aliphatic carboxylic acids is 1. The molecule has 1 heterocycles. The molecular formula is C12H22N2O3. The highest BCUT2D eigenvalue weighted by Gasteiger charge is 2.26. The summed E-state index contributed by atoms with van der Waals surface area (Å²) < 4.78 is 0. The highest BCUT2D eigenvalue weighted by atomic mass is 16.4. The largest absolute Gasteiger partial charge is 0.480 e. The molecule has 1 aliphatic rings. The van der Waals surface area contributed by atoms with E-state index < -0.39 is 12.0 Å². The Morgan fingerprint density at radius 2 is 2.24 bits per heavy atom. The number of carbonyl (C=O) groups is 2. The van der Waals surface area contributed by atoms with Gasteiger partial charge in [-0.15, -0.1) is 0 Å². The predicted molar refractivity (Wildman–Crippen MR) is 64.7 cm³/mol. The van der Waals surface area contributed by atoms with Gasteiger partial charge >= 0.3 is 5.97 Å². The first-order valence-corrected chi connectivity index (χ1v) is 6.30. The van der Waals surface area contributed by atoms with E-state index in [0.717, 1.165) is 25.8 Å². The Kier molecular flexibility index (Phi) is 5.41. The minimum Gasteiger partial charge on any atom is -0.480 e. The first-order valence-electron chi connectivity index (χ1n) is 6.30. The van der Waals surface area contributed by atoms with E-state index in [-0.39, 0.29) is 17.9 Å². The standard InChI is InChI=1S/C12H22N2O3/c1-3-8(2)11(12(16)17)14-10(15)7-9-5-4-6-13-9/h8-9,11,13H,3-7H2,1-2H3,(H,14,15)(H,16,17)/t8?,9?,11-/m0/s1. The van der Waals surface area contributed by atoms with Crippen LogP contribution in [-0.2, 0) is 9.59 Å². The first-order chi connectivity index (χ1) is 8.04. The second-order valence-corrected chi connectivity index (χ2v) is 4.77. The molecule has 0 spiro atoms. The van der Waals surface area contributed by atoms with Crippen molar-refractivity contribution < 1.29 is 14.7 Å². The molecule has 1 rings (SSSR count). The van der Waals surface area contributed by atoms with Crippen LogP contribution in [0.3, 0.4) is 0 Å². The molecule has 5 nitrogen and oxygen atoms in total. The van der Waals surface area contributed by atoms with Gasteiger partial charge in [-0.3, -0.25) is 4.79 Å². The summed E-state index contributed by atoms with van der Waals surface area (Å²) in [5.41, 5.74) is 0. The Morgan fingerprint density at radius 1 is 1.53 bits per heavy atom. The fourth-order valence-electron chi connectivity index (χ4n) is 2.07. The third-order valence-corrected chi connectivity index (χ3v) is 3.39. The van der Waals surface area contributed by atoms with Gasteiger partial charge in [0.1, 0.15) is 6.04 Å². The molecule has 3 N–H and O–H groups in total. The van der Waals surface area contributed by atoms with Crippen LogP contribution in [0.15, 0.2) is 0 Å². The molecule has 0 aromatic rings. The van der Waals surface area contributed by atoms with Gasteiger partial charge in [0.15, 0.2) is 0 Å². The quantitative estimate of drug-likeness (QED) is 0.642. The van der Waals surface area contributed by atoms with E-state index in [0.29, 0.717) is 6.42 Å². The van der Waals surface area contributed by atoms with Crippen molar-refractivity contribution in [1.29, 1.82) is 0 Å². The Labute approximate surface area is 102 Å². The summed E-state index contributed by atoms with van der Waals surface area (Å²) in [6.45, 7) is 4.71. The van der Waals surface area contributed by atoms with Crippen molar-refractivity contribution >= 4 is 11.9 Å². The van der Waals surface area contributed by atoms with Gasteiger partial charge in [0.05, 0.1) is 0 Å². The van der Waals surface area contributed by atoms with Crippen LogP contribution < -0.4 is 10.6 Å². The molecule has 1 saturated heterocycles. The highest BCUT2D eigenvalue weighted by Crippen LogP contribution is 2.11. The topological polar surface area (TPSA) is 78.4 Å². The lowest BCUT2D eigenvalue weighted by atomic mass is 9.99. The molecule has 0 aliphatic carbocycles. The number of amides is 1. The van der Waals surface area contributed by atoms with E-state index in [2.05, 4.69) is 10.6 Å². The van der Waals surface area contributed by atoms with Gasteiger partial charge in [-0.2, -0.15) is 0 Å². The maximum absolute atomic E-state index is 11.7. The molecular weight excluding hydrogens is 220 g/mol. The lowest BCUT2D eigenvalue weighted by molar-refractivity contribution is -0.143. The van der Waals surface area contributed by atoms with Gasteiger partial charge in [-0.1, -0.05) is 20.3 Å². The van der Waals surface area contributed by atoms with Gasteiger partial charge in [0.25, 0.3) is 0 Å². The van der Waals surface area contributed by atoms with E-state index >= 15 is 0 Å². The van der Waals surface area contributed by atoms with Crippen molar-refractivity contribution in [3.8, 4) is 0 Å². The average molecular weight is 242 g/mol. The number of rotatable bonds is 6. The molecule has 98 valence electrons. The van der Waals surface area contributed by atoms with Crippen LogP contribution in [-0.4, -0.2) is 35.6 Å². The van der Waals surface area contributed by atoms with Gasteiger partial charge < -0.3 is 15.7 Å². The summed E-state index contributed by atoms with van der Waals surface area (Å²) in [6, 6.07) is -0.560. The Morgan fingerprint density at radius 3 is 2.71 bits per heavy atom. The summed E-state index contributed by atoms with van der Waals surface area (Å²) in [5, 5.41) is 14.9. The van der Waals surface area contributed by atoms with E-state index in [9.17, 15) is 9.59 Å². The molecule has 1 aliphatic heterocycles. The van der Waals surface area contributed by atoms with Crippen LogP contribution in [0.25, 0.3) is 0 Å². The van der Waals surface area contributed by atoms with Crippen molar-refractivity contribution in [3.63, 3.8) is 0 Å². The van der Waals surface area contributed by atoms with Gasteiger partial charge in [0, 0.05) is 12.5 Å². The van der Waals surface area contributed by atoms with Crippen LogP contribution >= 0.6 is 0 Å². The smallest absolute Gasteiger partial charge is 0.326 e. The number of nitrogens with one attached hydrogen (secondary N) is 2. The van der Waals surface area contributed by atoms with Crippen LogP contribution in [0.1, 0.15) is 39.5 Å². The average Bonchev–Trinajstić information content (AvgIpc) is 2.77. The molecule has 0 aromatic heterocycles. The number of carboxylic acid groups (broad SMARTS) is 1. The van der Waals surface area contributed by atoms with Crippen molar-refractivity contribution in [2.75, 3.05) is 6.54 Å². The second-order valence-electron chi connectivity index (χ2n) is 4.77. The molecule has 0 radical (unpaired) electrons. The van der Waals surface area contributed by atoms with E-state index in [1.807, 2.05) is 13.8 Å². The van der Waals surface area contributed by atoms with Gasteiger partial charge in [-0.05, 0) is 25.3 Å². The highest BCUT2D eigenvalue weighted by molar-refractivity contribution is 5.84. The molecule has 17 heavy (non-hydrogen) atoms. The van der Waals surface area contributed by atoms with Gasteiger partial charge in [0.2, 0.25) is 5.91 Å². The number of carboxylic acids is 1. The Balaban J connectivity index is 2.43. The van der Waals surface area contributed by atoms with Crippen LogP contribution in [0, 0.1) is 5.92 Å². The third kappa shape index (κ3) is 4.34. The van der Waals surface area contributed by atoms with Crippen molar-refractivity contribution in [2.24, 2.45) is 5.92 Å². The SMILES string of the molecule is CCC(C)[C@H](NC(=O)CC1CCCN1)C(=O)O. The molecule has 2 unspecified atom stereocenters. The summed E-state index contributed by atoms with van der Waals surface area (Å²) in [6.07, 6.45) is 3.19. The minimum absolute atomic E-state index is 0.0482. The molecule has 1 fully saturated rings. The van der Waals surface area contributed by atoms with Crippen LogP contribution in [0.2, 0.25) is 0 Å². The Hall–Kier alpha value is -1.10. The fourth-order valence-corrected chi connectivity index (χ4v) is 2.07. The molecule has 0 bridgehead atoms. The molecule has 0 aromatic carbocycles. The fraction of sp³-hybridized carbons (Fsp3) is 0.833. The molecule has 0 saturated carbocycles. The van der Waals surface area contributed by atoms with Gasteiger partial charge in [-0.25, -0.2) is 4.79 Å². The number of carbonyl (C=O) groups excluding carboxylic acids is 1. The van der Waals surface area contributed by atoms with Crippen LogP contribution in [0.5, 0.6) is 0 Å². The summed E-state index contributed by atoms with van der Waals surface area (Å²) in [4.78, 5) is 22.8. The number of hydrogen-bond acceptors (Lipinski definition) is 3. The van der Waals surface area contributed by atoms with Crippen molar-refractivity contribution in [1.82, 2.24) is 10.6 Å². The molecule has 5 heteroatoms. The monoisotopic (exact) mass is 242 g/mol. The summed E-state index contributed by atoms with van der Waals surface area (Å²) >= 11 is 0. The normalized spacial score (nSPS) is 23.1. The van der Waals surface area contributed by atoms with E-state index in [1.54, 1.807) is 0 Å². The Bertz CT molecular complexity index is 275. The minimum atomic E-state index is -0.952. The maximum atomic E-state index is 11.7. The predicted octanol–water partition coefficient (Wildman–Crippen LogP) is 0.744. The first kappa shape index (κ1) is 14.0. The van der Waals surface area contributed by atoms with Crippen LogP contribution in [0.4, 0.5) is 0 Å². The lowest BCUT2D eigenvalue weighted by Gasteiger charge is -2.21. The maximum Gasteiger partial charge on any atom is 0.326 e. The summed E-state index contributed by atoms with van der Waals surface area (Å²) in [5.74, 6) is -1.17. The van der Waals surface area contributed by atoms with Crippen molar-refractivity contribution in [3.05, 3.63) is 0 Å². The zero-order valence-electron chi connectivity index (χ0n) is 10.5. The lowest BCUT2D eigenvalue weighted by Crippen LogP contribution is -2.46. The second kappa shape index (κ2) is 6.59. The summed E-state index contributed by atoms with van der Waals surface area (Å²) in [7, 11) is 0. The zero-order chi connectivity index (χ0) is 12.8. The third-order valence-electron chi connectivity index (χ3n) is 3.39. The molecule has 3 atom stereocenters. The van der Waals surface area contributed by atoms with E-state index in [1.165, 1.54) is 0 Å². The molecule has 1 amide bonds.